The number of rotatable bonds is 1. The van der Waals surface area contributed by atoms with E-state index in [-0.39, 0.29) is 17.1 Å². The molecular formula is C16H18F2N2. The normalized spacial score (nSPS) is 20.8. The van der Waals surface area contributed by atoms with Crippen LogP contribution in [-0.4, -0.2) is 4.57 Å². The molecule has 1 unspecified atom stereocenters. The van der Waals surface area contributed by atoms with Gasteiger partial charge in [0.05, 0.1) is 5.69 Å². The van der Waals surface area contributed by atoms with Crippen LogP contribution in [0.25, 0.3) is 5.69 Å². The molecule has 2 aromatic rings. The van der Waals surface area contributed by atoms with Gasteiger partial charge in [-0.15, -0.1) is 0 Å². The van der Waals surface area contributed by atoms with Gasteiger partial charge in [0.1, 0.15) is 0 Å². The highest BCUT2D eigenvalue weighted by molar-refractivity contribution is 5.42. The minimum Gasteiger partial charge on any atom is -0.324 e. The molecule has 0 radical (unpaired) electrons. The van der Waals surface area contributed by atoms with Gasteiger partial charge in [-0.1, -0.05) is 19.9 Å². The Kier molecular flexibility index (Phi) is 2.94. The zero-order valence-electron chi connectivity index (χ0n) is 11.7. The SMILES string of the molecule is CC1(C)Cc2c(ccn2-c2cccc(F)c2F)C(N)C1. The van der Waals surface area contributed by atoms with E-state index >= 15 is 0 Å². The minimum absolute atomic E-state index is 0.0494. The molecule has 0 saturated heterocycles. The largest absolute Gasteiger partial charge is 0.324 e. The summed E-state index contributed by atoms with van der Waals surface area (Å²) in [7, 11) is 0. The molecule has 3 rings (SSSR count). The van der Waals surface area contributed by atoms with Crippen LogP contribution in [0.4, 0.5) is 8.78 Å². The Morgan fingerprint density at radius 3 is 2.75 bits per heavy atom. The summed E-state index contributed by atoms with van der Waals surface area (Å²) in [5, 5.41) is 0. The maximum atomic E-state index is 14.0. The standard InChI is InChI=1S/C16H18F2N2/c1-16(2)8-12(19)10-6-7-20(14(10)9-16)13-5-3-4-11(17)15(13)18/h3-7,12H,8-9,19H2,1-2H3. The molecule has 0 amide bonds. The van der Waals surface area contributed by atoms with E-state index in [2.05, 4.69) is 13.8 Å². The summed E-state index contributed by atoms with van der Waals surface area (Å²) in [6.07, 6.45) is 3.48. The Balaban J connectivity index is 2.16. The van der Waals surface area contributed by atoms with Crippen molar-refractivity contribution in [2.75, 3.05) is 0 Å². The molecule has 1 aliphatic carbocycles. The first-order chi connectivity index (χ1) is 9.39. The molecule has 0 saturated carbocycles. The van der Waals surface area contributed by atoms with Crippen molar-refractivity contribution in [2.45, 2.75) is 32.7 Å². The van der Waals surface area contributed by atoms with Gasteiger partial charge in [-0.2, -0.15) is 0 Å². The summed E-state index contributed by atoms with van der Waals surface area (Å²) in [5.74, 6) is -1.65. The molecule has 1 heterocycles. The first-order valence-electron chi connectivity index (χ1n) is 6.79. The Morgan fingerprint density at radius 1 is 1.25 bits per heavy atom. The number of hydrogen-bond acceptors (Lipinski definition) is 1. The highest BCUT2D eigenvalue weighted by Crippen LogP contribution is 2.41. The lowest BCUT2D eigenvalue weighted by atomic mass is 9.74. The molecule has 0 bridgehead atoms. The van der Waals surface area contributed by atoms with Crippen molar-refractivity contribution in [3.63, 3.8) is 0 Å². The van der Waals surface area contributed by atoms with E-state index in [4.69, 9.17) is 5.73 Å². The molecule has 4 heteroatoms. The number of aromatic nitrogens is 1. The number of halogens is 2. The summed E-state index contributed by atoms with van der Waals surface area (Å²) in [6.45, 7) is 4.30. The second-order valence-corrected chi connectivity index (χ2v) is 6.31. The third kappa shape index (κ3) is 2.04. The molecule has 2 N–H and O–H groups in total. The van der Waals surface area contributed by atoms with E-state index in [0.29, 0.717) is 0 Å². The summed E-state index contributed by atoms with van der Waals surface area (Å²) < 4.78 is 29.1. The molecule has 2 nitrogen and oxygen atoms in total. The predicted octanol–water partition coefficient (Wildman–Crippen LogP) is 3.73. The second kappa shape index (κ2) is 4.42. The number of hydrogen-bond donors (Lipinski definition) is 1. The van der Waals surface area contributed by atoms with Crippen molar-refractivity contribution < 1.29 is 8.78 Å². The van der Waals surface area contributed by atoms with Crippen molar-refractivity contribution in [3.05, 3.63) is 53.4 Å². The molecule has 106 valence electrons. The minimum atomic E-state index is -0.829. The van der Waals surface area contributed by atoms with Crippen LogP contribution in [-0.2, 0) is 6.42 Å². The van der Waals surface area contributed by atoms with Gasteiger partial charge in [-0.25, -0.2) is 8.78 Å². The number of nitrogens with zero attached hydrogens (tertiary/aromatic N) is 1. The maximum absolute atomic E-state index is 14.0. The van der Waals surface area contributed by atoms with Gasteiger partial charge >= 0.3 is 0 Å². The summed E-state index contributed by atoms with van der Waals surface area (Å²) in [6, 6.07) is 6.11. The second-order valence-electron chi connectivity index (χ2n) is 6.31. The van der Waals surface area contributed by atoms with Crippen LogP contribution in [0.2, 0.25) is 0 Å². The van der Waals surface area contributed by atoms with E-state index < -0.39 is 11.6 Å². The molecule has 20 heavy (non-hydrogen) atoms. The van der Waals surface area contributed by atoms with E-state index in [1.165, 1.54) is 6.07 Å². The fraction of sp³-hybridized carbons (Fsp3) is 0.375. The van der Waals surface area contributed by atoms with Gasteiger partial charge in [0.25, 0.3) is 0 Å². The monoisotopic (exact) mass is 276 g/mol. The maximum Gasteiger partial charge on any atom is 0.182 e. The molecular weight excluding hydrogens is 258 g/mol. The quantitative estimate of drug-likeness (QED) is 0.845. The average Bonchev–Trinajstić information content (AvgIpc) is 2.75. The van der Waals surface area contributed by atoms with Crippen molar-refractivity contribution in [1.29, 1.82) is 0 Å². The Morgan fingerprint density at radius 2 is 2.00 bits per heavy atom. The Hall–Kier alpha value is -1.68. The van der Waals surface area contributed by atoms with E-state index in [9.17, 15) is 8.78 Å². The molecule has 1 aromatic carbocycles. The third-order valence-electron chi connectivity index (χ3n) is 4.04. The van der Waals surface area contributed by atoms with Crippen molar-refractivity contribution in [1.82, 2.24) is 4.57 Å². The average molecular weight is 276 g/mol. The smallest absolute Gasteiger partial charge is 0.182 e. The third-order valence-corrected chi connectivity index (χ3v) is 4.04. The van der Waals surface area contributed by atoms with Crippen LogP contribution >= 0.6 is 0 Å². The Labute approximate surface area is 117 Å². The molecule has 0 spiro atoms. The highest BCUT2D eigenvalue weighted by atomic mass is 19.2. The van der Waals surface area contributed by atoms with Crippen LogP contribution in [0.5, 0.6) is 0 Å². The number of nitrogens with two attached hydrogens (primary N) is 1. The van der Waals surface area contributed by atoms with Crippen molar-refractivity contribution in [3.8, 4) is 5.69 Å². The van der Waals surface area contributed by atoms with Crippen LogP contribution in [0.1, 0.15) is 37.6 Å². The first kappa shape index (κ1) is 13.3. The van der Waals surface area contributed by atoms with E-state index in [1.807, 2.05) is 6.07 Å². The van der Waals surface area contributed by atoms with Gasteiger partial charge in [0.15, 0.2) is 11.6 Å². The van der Waals surface area contributed by atoms with E-state index in [0.717, 1.165) is 30.2 Å². The van der Waals surface area contributed by atoms with Crippen LogP contribution in [0.3, 0.4) is 0 Å². The number of fused-ring (bicyclic) bond motifs is 1. The van der Waals surface area contributed by atoms with Gasteiger partial charge < -0.3 is 10.3 Å². The van der Waals surface area contributed by atoms with Crippen molar-refractivity contribution >= 4 is 0 Å². The summed E-state index contributed by atoms with van der Waals surface area (Å²) in [4.78, 5) is 0. The van der Waals surface area contributed by atoms with Gasteiger partial charge in [-0.05, 0) is 42.0 Å². The van der Waals surface area contributed by atoms with Crippen LogP contribution in [0.15, 0.2) is 30.5 Å². The molecule has 0 fully saturated rings. The highest BCUT2D eigenvalue weighted by Gasteiger charge is 2.33. The van der Waals surface area contributed by atoms with Gasteiger partial charge in [-0.3, -0.25) is 0 Å². The summed E-state index contributed by atoms with van der Waals surface area (Å²) in [5.41, 5.74) is 8.53. The van der Waals surface area contributed by atoms with Crippen LogP contribution in [0, 0.1) is 17.0 Å². The first-order valence-corrected chi connectivity index (χ1v) is 6.79. The number of benzene rings is 1. The molecule has 1 atom stereocenters. The molecule has 0 aliphatic heterocycles. The predicted molar refractivity (Wildman–Crippen MR) is 74.7 cm³/mol. The van der Waals surface area contributed by atoms with Gasteiger partial charge in [0.2, 0.25) is 0 Å². The van der Waals surface area contributed by atoms with Gasteiger partial charge in [0, 0.05) is 17.9 Å². The summed E-state index contributed by atoms with van der Waals surface area (Å²) >= 11 is 0. The lowest BCUT2D eigenvalue weighted by Crippen LogP contribution is -2.30. The molecule has 1 aromatic heterocycles. The zero-order valence-corrected chi connectivity index (χ0v) is 11.7. The van der Waals surface area contributed by atoms with Crippen molar-refractivity contribution in [2.24, 2.45) is 11.1 Å². The zero-order chi connectivity index (χ0) is 14.5. The Bertz CT molecular complexity index is 658. The lowest BCUT2D eigenvalue weighted by Gasteiger charge is -2.34. The topological polar surface area (TPSA) is 30.9 Å². The molecule has 1 aliphatic rings. The lowest BCUT2D eigenvalue weighted by molar-refractivity contribution is 0.278. The van der Waals surface area contributed by atoms with Crippen LogP contribution < -0.4 is 5.73 Å². The fourth-order valence-electron chi connectivity index (χ4n) is 3.14. The fourth-order valence-corrected chi connectivity index (χ4v) is 3.14. The van der Waals surface area contributed by atoms with E-state index in [1.54, 1.807) is 16.8 Å².